The third kappa shape index (κ3) is 2.84. The molecule has 0 radical (unpaired) electrons. The van der Waals surface area contributed by atoms with Crippen LogP contribution in [0.15, 0.2) is 24.3 Å². The van der Waals surface area contributed by atoms with Crippen molar-refractivity contribution in [2.24, 2.45) is 0 Å². The van der Waals surface area contributed by atoms with Crippen molar-refractivity contribution < 1.29 is 39.1 Å². The normalized spacial score (nSPS) is 8.11. The van der Waals surface area contributed by atoms with Crippen molar-refractivity contribution in [1.29, 1.82) is 0 Å². The van der Waals surface area contributed by atoms with Gasteiger partial charge in [0.25, 0.3) is 0 Å². The van der Waals surface area contributed by atoms with Crippen molar-refractivity contribution in [3.05, 3.63) is 30.1 Å². The van der Waals surface area contributed by atoms with E-state index >= 15 is 0 Å². The number of benzene rings is 1. The van der Waals surface area contributed by atoms with Crippen LogP contribution in [-0.2, 0) is 0 Å². The van der Waals surface area contributed by atoms with E-state index in [-0.39, 0.29) is 35.3 Å². The zero-order valence-corrected chi connectivity index (χ0v) is 7.10. The van der Waals surface area contributed by atoms with E-state index in [1.54, 1.807) is 0 Å². The molecule has 0 aliphatic rings. The van der Waals surface area contributed by atoms with E-state index in [1.165, 1.54) is 18.2 Å². The maximum absolute atomic E-state index is 12.0. The van der Waals surface area contributed by atoms with E-state index < -0.39 is 5.82 Å². The fourth-order valence-corrected chi connectivity index (χ4v) is 0.467. The predicted octanol–water partition coefficient (Wildman–Crippen LogP) is -2.10. The van der Waals surface area contributed by atoms with Gasteiger partial charge < -0.3 is 5.11 Å². The van der Waals surface area contributed by atoms with E-state index in [4.69, 9.17) is 0 Å². The topological polar surface area (TPSA) is 23.1 Å². The van der Waals surface area contributed by atoms with Gasteiger partial charge in [-0.3, -0.25) is 0 Å². The van der Waals surface area contributed by atoms with E-state index in [1.807, 2.05) is 0 Å². The Balaban J connectivity index is 0.000000640. The van der Waals surface area contributed by atoms with Gasteiger partial charge in [-0.15, -0.1) is 5.75 Å². The van der Waals surface area contributed by atoms with E-state index in [0.717, 1.165) is 6.07 Å². The van der Waals surface area contributed by atoms with Crippen molar-refractivity contribution in [1.82, 2.24) is 0 Å². The molecule has 0 N–H and O–H groups in total. The van der Waals surface area contributed by atoms with Crippen molar-refractivity contribution in [3.8, 4) is 5.75 Å². The molecular weight excluding hydrogens is 130 g/mol. The maximum Gasteiger partial charge on any atom is 1.00 e. The minimum Gasteiger partial charge on any atom is -0.872 e. The van der Waals surface area contributed by atoms with Crippen LogP contribution >= 0.6 is 0 Å². The van der Waals surface area contributed by atoms with Crippen LogP contribution in [0.3, 0.4) is 0 Å². The van der Waals surface area contributed by atoms with Crippen molar-refractivity contribution in [2.45, 2.75) is 0 Å². The average Bonchev–Trinajstić information content (AvgIpc) is 1.64. The van der Waals surface area contributed by atoms with Gasteiger partial charge in [0.05, 0.1) is 0 Å². The fourth-order valence-electron chi connectivity index (χ4n) is 0.467. The van der Waals surface area contributed by atoms with Crippen LogP contribution in [0.2, 0.25) is 0 Å². The molecule has 0 saturated carbocycles. The summed E-state index contributed by atoms with van der Waals surface area (Å²) in [6.07, 6.45) is 0. The Kier molecular flexibility index (Phi) is 3.86. The Morgan fingerprint density at radius 1 is 1.33 bits per heavy atom. The van der Waals surface area contributed by atoms with Crippen LogP contribution in [0.4, 0.5) is 4.39 Å². The minimum atomic E-state index is -0.475. The van der Waals surface area contributed by atoms with Crippen LogP contribution in [0.25, 0.3) is 0 Å². The number of hydrogen-bond acceptors (Lipinski definition) is 1. The van der Waals surface area contributed by atoms with Crippen LogP contribution in [-0.4, -0.2) is 0 Å². The summed E-state index contributed by atoms with van der Waals surface area (Å²) in [6.45, 7) is 0. The SMILES string of the molecule is [Na+].[O-]c1cccc(F)c1. The van der Waals surface area contributed by atoms with Gasteiger partial charge in [-0.2, -0.15) is 0 Å². The van der Waals surface area contributed by atoms with Crippen LogP contribution in [0.5, 0.6) is 5.75 Å². The third-order valence-electron chi connectivity index (χ3n) is 0.796. The molecule has 0 aliphatic heterocycles. The fraction of sp³-hybridized carbons (Fsp3) is 0. The van der Waals surface area contributed by atoms with Gasteiger partial charge in [-0.05, 0) is 12.1 Å². The van der Waals surface area contributed by atoms with Crippen LogP contribution < -0.4 is 34.7 Å². The van der Waals surface area contributed by atoms with Gasteiger partial charge >= 0.3 is 29.6 Å². The molecule has 1 nitrogen and oxygen atoms in total. The van der Waals surface area contributed by atoms with Crippen LogP contribution in [0, 0.1) is 5.82 Å². The largest absolute Gasteiger partial charge is 1.00 e. The molecule has 0 bridgehead atoms. The van der Waals surface area contributed by atoms with Gasteiger partial charge in [-0.25, -0.2) is 4.39 Å². The summed E-state index contributed by atoms with van der Waals surface area (Å²) in [5.41, 5.74) is 0. The molecule has 3 heteroatoms. The van der Waals surface area contributed by atoms with Gasteiger partial charge in [-0.1, -0.05) is 12.1 Å². The third-order valence-corrected chi connectivity index (χ3v) is 0.796. The average molecular weight is 134 g/mol. The Bertz CT molecular complexity index is 173. The summed E-state index contributed by atoms with van der Waals surface area (Å²) < 4.78 is 12.0. The summed E-state index contributed by atoms with van der Waals surface area (Å²) in [7, 11) is 0. The van der Waals surface area contributed by atoms with Crippen molar-refractivity contribution >= 4 is 0 Å². The molecule has 0 fully saturated rings. The Morgan fingerprint density at radius 2 is 2.00 bits per heavy atom. The molecule has 0 atom stereocenters. The first kappa shape index (κ1) is 8.95. The zero-order chi connectivity index (χ0) is 5.98. The standard InChI is InChI=1S/C6H5FO.Na/c7-5-2-1-3-6(8)4-5;/h1-4,8H;/q;+1/p-1. The van der Waals surface area contributed by atoms with E-state index in [2.05, 4.69) is 0 Å². The number of rotatable bonds is 0. The molecule has 1 rings (SSSR count). The molecular formula is C6H4FNaO. The summed E-state index contributed by atoms with van der Waals surface area (Å²) in [5.74, 6) is -0.762. The quantitative estimate of drug-likeness (QED) is 0.373. The molecule has 0 unspecified atom stereocenters. The Labute approximate surface area is 74.8 Å². The smallest absolute Gasteiger partial charge is 0.872 e. The van der Waals surface area contributed by atoms with Gasteiger partial charge in [0, 0.05) is 0 Å². The monoisotopic (exact) mass is 134 g/mol. The molecule has 1 aromatic rings. The number of hydrogen-bond donors (Lipinski definition) is 0. The molecule has 0 aliphatic carbocycles. The van der Waals surface area contributed by atoms with E-state index in [0.29, 0.717) is 0 Å². The van der Waals surface area contributed by atoms with Crippen molar-refractivity contribution in [2.75, 3.05) is 0 Å². The molecule has 0 aromatic heterocycles. The summed E-state index contributed by atoms with van der Waals surface area (Å²) >= 11 is 0. The zero-order valence-electron chi connectivity index (χ0n) is 5.10. The Hall–Kier alpha value is -0.0500. The minimum absolute atomic E-state index is 0. The second-order valence-corrected chi connectivity index (χ2v) is 1.46. The molecule has 1 aromatic carbocycles. The van der Waals surface area contributed by atoms with E-state index in [9.17, 15) is 9.50 Å². The Morgan fingerprint density at radius 3 is 2.33 bits per heavy atom. The second kappa shape index (κ2) is 3.88. The predicted molar refractivity (Wildman–Crippen MR) is 25.8 cm³/mol. The van der Waals surface area contributed by atoms with Crippen LogP contribution in [0.1, 0.15) is 0 Å². The molecule has 0 amide bonds. The molecule has 42 valence electrons. The molecule has 0 spiro atoms. The summed E-state index contributed by atoms with van der Waals surface area (Å²) in [4.78, 5) is 0. The molecule has 0 heterocycles. The summed E-state index contributed by atoms with van der Waals surface area (Å²) in [5, 5.41) is 10.3. The first-order chi connectivity index (χ1) is 3.79. The maximum atomic E-state index is 12.0. The molecule has 0 saturated heterocycles. The van der Waals surface area contributed by atoms with Gasteiger partial charge in [0.15, 0.2) is 0 Å². The van der Waals surface area contributed by atoms with Gasteiger partial charge in [0.2, 0.25) is 0 Å². The van der Waals surface area contributed by atoms with Crippen molar-refractivity contribution in [3.63, 3.8) is 0 Å². The molecule has 9 heavy (non-hydrogen) atoms. The first-order valence-electron chi connectivity index (χ1n) is 2.21. The second-order valence-electron chi connectivity index (χ2n) is 1.46. The summed E-state index contributed by atoms with van der Waals surface area (Å²) in [6, 6.07) is 4.88. The first-order valence-corrected chi connectivity index (χ1v) is 2.21. The van der Waals surface area contributed by atoms with Gasteiger partial charge in [0.1, 0.15) is 5.82 Å². The number of halogens is 1.